The number of halogens is 1. The number of hydrogen-bond acceptors (Lipinski definition) is 1. The highest BCUT2D eigenvalue weighted by Crippen LogP contribution is 2.07. The molecule has 0 aliphatic rings. The molecule has 0 fully saturated rings. The van der Waals surface area contributed by atoms with Crippen molar-refractivity contribution in [2.45, 2.75) is 6.92 Å². The Morgan fingerprint density at radius 2 is 2.15 bits per heavy atom. The Labute approximate surface area is 78.3 Å². The van der Waals surface area contributed by atoms with E-state index in [2.05, 4.69) is 5.32 Å². The van der Waals surface area contributed by atoms with Crippen LogP contribution in [0.15, 0.2) is 30.3 Å². The van der Waals surface area contributed by atoms with E-state index in [1.807, 2.05) is 19.1 Å². The van der Waals surface area contributed by atoms with Crippen LogP contribution in [0.1, 0.15) is 12.5 Å². The molecule has 0 aliphatic heterocycles. The fourth-order valence-corrected chi connectivity index (χ4v) is 1.02. The van der Waals surface area contributed by atoms with Crippen molar-refractivity contribution in [1.82, 2.24) is 5.32 Å². The minimum Gasteiger partial charge on any atom is -0.314 e. The molecule has 1 rings (SSSR count). The average molecular weight is 179 g/mol. The number of hydrogen-bond donors (Lipinski definition) is 1. The second kappa shape index (κ2) is 5.49. The molecule has 0 heterocycles. The van der Waals surface area contributed by atoms with Crippen molar-refractivity contribution >= 4 is 6.08 Å². The monoisotopic (exact) mass is 179 g/mol. The van der Waals surface area contributed by atoms with Gasteiger partial charge in [-0.1, -0.05) is 37.3 Å². The maximum Gasteiger partial charge on any atom is 0.130 e. The molecule has 0 bridgehead atoms. The van der Waals surface area contributed by atoms with Crippen LogP contribution in [-0.4, -0.2) is 13.1 Å². The van der Waals surface area contributed by atoms with Crippen molar-refractivity contribution in [2.75, 3.05) is 13.1 Å². The molecule has 1 nitrogen and oxygen atoms in total. The van der Waals surface area contributed by atoms with E-state index in [-0.39, 0.29) is 5.82 Å². The molecule has 70 valence electrons. The van der Waals surface area contributed by atoms with Crippen molar-refractivity contribution in [3.63, 3.8) is 0 Å². The molecule has 0 spiro atoms. The van der Waals surface area contributed by atoms with E-state index in [4.69, 9.17) is 0 Å². The van der Waals surface area contributed by atoms with Gasteiger partial charge < -0.3 is 5.32 Å². The molecule has 1 N–H and O–H groups in total. The van der Waals surface area contributed by atoms with E-state index < -0.39 is 0 Å². The number of benzene rings is 1. The van der Waals surface area contributed by atoms with Crippen molar-refractivity contribution in [2.24, 2.45) is 0 Å². The normalized spacial score (nSPS) is 10.9. The molecular weight excluding hydrogens is 165 g/mol. The highest BCUT2D eigenvalue weighted by Gasteiger charge is 1.93. The van der Waals surface area contributed by atoms with Gasteiger partial charge in [-0.2, -0.15) is 0 Å². The summed E-state index contributed by atoms with van der Waals surface area (Å²) in [7, 11) is 0. The van der Waals surface area contributed by atoms with E-state index >= 15 is 0 Å². The van der Waals surface area contributed by atoms with Crippen LogP contribution in [0, 0.1) is 5.82 Å². The van der Waals surface area contributed by atoms with Crippen molar-refractivity contribution in [3.05, 3.63) is 41.7 Å². The number of rotatable bonds is 4. The van der Waals surface area contributed by atoms with Crippen LogP contribution in [0.3, 0.4) is 0 Å². The predicted octanol–water partition coefficient (Wildman–Crippen LogP) is 2.45. The Morgan fingerprint density at radius 3 is 2.85 bits per heavy atom. The zero-order valence-corrected chi connectivity index (χ0v) is 7.76. The molecule has 2 heteroatoms. The lowest BCUT2D eigenvalue weighted by Crippen LogP contribution is -2.11. The summed E-state index contributed by atoms with van der Waals surface area (Å²) in [4.78, 5) is 0. The first-order valence-corrected chi connectivity index (χ1v) is 4.46. The third kappa shape index (κ3) is 3.38. The summed E-state index contributed by atoms with van der Waals surface area (Å²) in [6, 6.07) is 6.75. The summed E-state index contributed by atoms with van der Waals surface area (Å²) in [5, 5.41) is 3.13. The van der Waals surface area contributed by atoms with Crippen LogP contribution in [0.25, 0.3) is 6.08 Å². The van der Waals surface area contributed by atoms with Gasteiger partial charge in [0.1, 0.15) is 5.82 Å². The topological polar surface area (TPSA) is 12.0 Å². The van der Waals surface area contributed by atoms with Crippen LogP contribution in [0.2, 0.25) is 0 Å². The third-order valence-electron chi connectivity index (χ3n) is 1.71. The first-order chi connectivity index (χ1) is 6.34. The molecule has 0 atom stereocenters. The minimum absolute atomic E-state index is 0.171. The Bertz CT molecular complexity index is 281. The molecule has 0 saturated carbocycles. The molecule has 0 aliphatic carbocycles. The van der Waals surface area contributed by atoms with E-state index in [0.717, 1.165) is 13.1 Å². The lowest BCUT2D eigenvalue weighted by molar-refractivity contribution is 0.625. The van der Waals surface area contributed by atoms with Gasteiger partial charge in [-0.25, -0.2) is 4.39 Å². The van der Waals surface area contributed by atoms with Crippen LogP contribution in [0.4, 0.5) is 4.39 Å². The quantitative estimate of drug-likeness (QED) is 0.700. The number of likely N-dealkylation sites (N-methyl/N-ethyl adjacent to an activating group) is 1. The Morgan fingerprint density at radius 1 is 1.38 bits per heavy atom. The highest BCUT2D eigenvalue weighted by molar-refractivity contribution is 5.49. The molecule has 0 saturated heterocycles. The molecule has 0 unspecified atom stereocenters. The SMILES string of the molecule is CCNCC=Cc1ccccc1F. The zero-order valence-electron chi connectivity index (χ0n) is 7.76. The van der Waals surface area contributed by atoms with E-state index in [9.17, 15) is 4.39 Å². The maximum atomic E-state index is 13.0. The van der Waals surface area contributed by atoms with E-state index in [1.165, 1.54) is 6.07 Å². The summed E-state index contributed by atoms with van der Waals surface area (Å²) in [6.07, 6.45) is 3.71. The molecule has 1 aromatic rings. The van der Waals surface area contributed by atoms with Crippen molar-refractivity contribution in [3.8, 4) is 0 Å². The van der Waals surface area contributed by atoms with Crippen LogP contribution < -0.4 is 5.32 Å². The molecular formula is C11H14FN. The third-order valence-corrected chi connectivity index (χ3v) is 1.71. The predicted molar refractivity (Wildman–Crippen MR) is 54.0 cm³/mol. The fourth-order valence-electron chi connectivity index (χ4n) is 1.02. The maximum absolute atomic E-state index is 13.0. The number of nitrogens with one attached hydrogen (secondary N) is 1. The molecule has 0 aromatic heterocycles. The summed E-state index contributed by atoms with van der Waals surface area (Å²) < 4.78 is 13.0. The zero-order chi connectivity index (χ0) is 9.52. The Kier molecular flexibility index (Phi) is 4.19. The van der Waals surface area contributed by atoms with Gasteiger partial charge in [0, 0.05) is 12.1 Å². The second-order valence-electron chi connectivity index (χ2n) is 2.73. The lowest BCUT2D eigenvalue weighted by atomic mass is 10.2. The second-order valence-corrected chi connectivity index (χ2v) is 2.73. The standard InChI is InChI=1S/C11H14FN/c1-2-13-9-5-7-10-6-3-4-8-11(10)12/h3-8,13H,2,9H2,1H3. The van der Waals surface area contributed by atoms with E-state index in [0.29, 0.717) is 5.56 Å². The fraction of sp³-hybridized carbons (Fsp3) is 0.273. The van der Waals surface area contributed by atoms with Gasteiger partial charge in [0.05, 0.1) is 0 Å². The smallest absolute Gasteiger partial charge is 0.130 e. The Balaban J connectivity index is 2.53. The van der Waals surface area contributed by atoms with Gasteiger partial charge in [0.15, 0.2) is 0 Å². The van der Waals surface area contributed by atoms with Gasteiger partial charge >= 0.3 is 0 Å². The van der Waals surface area contributed by atoms with Gasteiger partial charge in [0.2, 0.25) is 0 Å². The minimum atomic E-state index is -0.171. The molecule has 0 amide bonds. The first-order valence-electron chi connectivity index (χ1n) is 4.46. The van der Waals surface area contributed by atoms with Crippen molar-refractivity contribution < 1.29 is 4.39 Å². The van der Waals surface area contributed by atoms with Crippen LogP contribution in [0.5, 0.6) is 0 Å². The van der Waals surface area contributed by atoms with Gasteiger partial charge in [-0.15, -0.1) is 0 Å². The first kappa shape index (κ1) is 9.93. The van der Waals surface area contributed by atoms with Crippen LogP contribution in [-0.2, 0) is 0 Å². The highest BCUT2D eigenvalue weighted by atomic mass is 19.1. The van der Waals surface area contributed by atoms with Crippen LogP contribution >= 0.6 is 0 Å². The molecule has 0 radical (unpaired) electrons. The van der Waals surface area contributed by atoms with Gasteiger partial charge in [0.25, 0.3) is 0 Å². The van der Waals surface area contributed by atoms with Crippen molar-refractivity contribution in [1.29, 1.82) is 0 Å². The Hall–Kier alpha value is -1.15. The summed E-state index contributed by atoms with van der Waals surface area (Å²) in [5.74, 6) is -0.171. The summed E-state index contributed by atoms with van der Waals surface area (Å²) in [6.45, 7) is 3.75. The average Bonchev–Trinajstić information content (AvgIpc) is 2.15. The summed E-state index contributed by atoms with van der Waals surface area (Å²) in [5.41, 5.74) is 0.639. The largest absolute Gasteiger partial charge is 0.314 e. The molecule has 13 heavy (non-hydrogen) atoms. The van der Waals surface area contributed by atoms with E-state index in [1.54, 1.807) is 18.2 Å². The molecule has 1 aromatic carbocycles. The van der Waals surface area contributed by atoms with Gasteiger partial charge in [-0.05, 0) is 12.6 Å². The summed E-state index contributed by atoms with van der Waals surface area (Å²) >= 11 is 0. The lowest BCUT2D eigenvalue weighted by Gasteiger charge is -1.96. The van der Waals surface area contributed by atoms with Gasteiger partial charge in [-0.3, -0.25) is 0 Å².